The van der Waals surface area contributed by atoms with Crippen LogP contribution in [0.15, 0.2) is 12.3 Å². The number of urea groups is 1. The fourth-order valence-corrected chi connectivity index (χ4v) is 2.48. The van der Waals surface area contributed by atoms with Crippen LogP contribution in [0.1, 0.15) is 32.6 Å². The quantitative estimate of drug-likeness (QED) is 0.795. The molecule has 2 N–H and O–H groups in total. The largest absolute Gasteiger partial charge is 0.334 e. The van der Waals surface area contributed by atoms with Gasteiger partial charge in [-0.1, -0.05) is 13.3 Å². The highest BCUT2D eigenvalue weighted by Gasteiger charge is 2.23. The average Bonchev–Trinajstić information content (AvgIpc) is 2.46. The fraction of sp³-hybridized carbons (Fsp3) is 0.692. The van der Waals surface area contributed by atoms with Crippen LogP contribution in [0.2, 0.25) is 0 Å². The molecular formula is C13H22N4O2. The summed E-state index contributed by atoms with van der Waals surface area (Å²) >= 11 is 0. The molecule has 0 radical (unpaired) electrons. The van der Waals surface area contributed by atoms with Crippen LogP contribution in [0, 0.1) is 0 Å². The monoisotopic (exact) mass is 266 g/mol. The van der Waals surface area contributed by atoms with Gasteiger partial charge in [-0.25, -0.2) is 4.79 Å². The predicted molar refractivity (Wildman–Crippen MR) is 72.0 cm³/mol. The standard InChI is InChI=1S/C13H22N4O2/c1-2-11(16-7-4-3-5-8-16)15-13(19)17-9-6-12(18)14-10-17/h6,9,11H,2-5,7-8,10H2,1H3,(H,14,18)(H,15,19). The summed E-state index contributed by atoms with van der Waals surface area (Å²) in [4.78, 5) is 26.9. The van der Waals surface area contributed by atoms with Crippen LogP contribution in [-0.4, -0.2) is 47.7 Å². The van der Waals surface area contributed by atoms with E-state index in [0.717, 1.165) is 19.5 Å². The van der Waals surface area contributed by atoms with Crippen molar-refractivity contribution in [2.24, 2.45) is 0 Å². The van der Waals surface area contributed by atoms with Crippen LogP contribution < -0.4 is 10.6 Å². The van der Waals surface area contributed by atoms with E-state index in [4.69, 9.17) is 0 Å². The number of carbonyl (C=O) groups excluding carboxylic acids is 2. The number of nitrogens with zero attached hydrogens (tertiary/aromatic N) is 2. The van der Waals surface area contributed by atoms with E-state index in [1.165, 1.54) is 36.4 Å². The van der Waals surface area contributed by atoms with Gasteiger partial charge in [-0.05, 0) is 19.3 Å². The Morgan fingerprint density at radius 1 is 1.42 bits per heavy atom. The maximum atomic E-state index is 12.1. The van der Waals surface area contributed by atoms with E-state index >= 15 is 0 Å². The first-order valence-corrected chi connectivity index (χ1v) is 6.98. The average molecular weight is 266 g/mol. The molecule has 106 valence electrons. The van der Waals surface area contributed by atoms with Crippen molar-refractivity contribution < 1.29 is 9.59 Å². The van der Waals surface area contributed by atoms with Crippen molar-refractivity contribution in [2.45, 2.75) is 38.8 Å². The SMILES string of the molecule is CCC(NC(=O)N1C=CC(=O)NC1)N1CCCCC1. The summed E-state index contributed by atoms with van der Waals surface area (Å²) in [7, 11) is 0. The van der Waals surface area contributed by atoms with E-state index in [1.54, 1.807) is 0 Å². The Morgan fingerprint density at radius 2 is 2.16 bits per heavy atom. The maximum Gasteiger partial charge on any atom is 0.324 e. The summed E-state index contributed by atoms with van der Waals surface area (Å²) in [6, 6.07) is -0.159. The zero-order valence-electron chi connectivity index (χ0n) is 11.4. The smallest absolute Gasteiger partial charge is 0.324 e. The molecule has 3 amide bonds. The Hall–Kier alpha value is -1.56. The van der Waals surface area contributed by atoms with Crippen LogP contribution in [0.25, 0.3) is 0 Å². The molecule has 2 aliphatic rings. The molecule has 0 aromatic rings. The number of piperidine rings is 1. The molecule has 2 rings (SSSR count). The minimum Gasteiger partial charge on any atom is -0.334 e. The second-order valence-corrected chi connectivity index (χ2v) is 4.95. The third-order valence-corrected chi connectivity index (χ3v) is 3.60. The Morgan fingerprint density at radius 3 is 2.74 bits per heavy atom. The molecule has 0 saturated carbocycles. The zero-order chi connectivity index (χ0) is 13.7. The van der Waals surface area contributed by atoms with Crippen molar-refractivity contribution in [1.82, 2.24) is 20.4 Å². The molecular weight excluding hydrogens is 244 g/mol. The zero-order valence-corrected chi connectivity index (χ0v) is 11.4. The number of hydrogen-bond donors (Lipinski definition) is 2. The highest BCUT2D eigenvalue weighted by Crippen LogP contribution is 2.13. The molecule has 0 aliphatic carbocycles. The number of amides is 3. The lowest BCUT2D eigenvalue weighted by Crippen LogP contribution is -2.54. The molecule has 0 aromatic carbocycles. The summed E-state index contributed by atoms with van der Waals surface area (Å²) in [5.41, 5.74) is 0. The third kappa shape index (κ3) is 3.70. The summed E-state index contributed by atoms with van der Waals surface area (Å²) in [6.45, 7) is 4.40. The van der Waals surface area contributed by atoms with Gasteiger partial charge in [0.15, 0.2) is 0 Å². The minimum absolute atomic E-state index is 0.0822. The Labute approximate surface area is 113 Å². The molecule has 1 atom stereocenters. The van der Waals surface area contributed by atoms with Gasteiger partial charge < -0.3 is 10.6 Å². The van der Waals surface area contributed by atoms with Gasteiger partial charge in [0.1, 0.15) is 0 Å². The molecule has 1 saturated heterocycles. The predicted octanol–water partition coefficient (Wildman–Crippen LogP) is 0.821. The summed E-state index contributed by atoms with van der Waals surface area (Å²) in [6.07, 6.45) is 7.54. The van der Waals surface area contributed by atoms with Crippen molar-refractivity contribution in [3.05, 3.63) is 12.3 Å². The van der Waals surface area contributed by atoms with Gasteiger partial charge in [-0.3, -0.25) is 14.6 Å². The highest BCUT2D eigenvalue weighted by molar-refractivity contribution is 5.89. The number of nitrogens with one attached hydrogen (secondary N) is 2. The lowest BCUT2D eigenvalue weighted by atomic mass is 10.1. The Kier molecular flexibility index (Phi) is 4.79. The van der Waals surface area contributed by atoms with Crippen LogP contribution in [0.5, 0.6) is 0 Å². The lowest BCUT2D eigenvalue weighted by Gasteiger charge is -2.35. The molecule has 6 nitrogen and oxygen atoms in total. The molecule has 2 aliphatic heterocycles. The third-order valence-electron chi connectivity index (χ3n) is 3.60. The number of likely N-dealkylation sites (tertiary alicyclic amines) is 1. The van der Waals surface area contributed by atoms with Gasteiger partial charge in [-0.15, -0.1) is 0 Å². The Bertz CT molecular complexity index is 364. The topological polar surface area (TPSA) is 64.7 Å². The van der Waals surface area contributed by atoms with Crippen molar-refractivity contribution in [3.63, 3.8) is 0 Å². The van der Waals surface area contributed by atoms with E-state index in [1.807, 2.05) is 0 Å². The van der Waals surface area contributed by atoms with Gasteiger partial charge in [0.2, 0.25) is 5.91 Å². The fourth-order valence-electron chi connectivity index (χ4n) is 2.48. The van der Waals surface area contributed by atoms with Gasteiger partial charge in [0, 0.05) is 25.4 Å². The second-order valence-electron chi connectivity index (χ2n) is 4.95. The van der Waals surface area contributed by atoms with E-state index in [0.29, 0.717) is 0 Å². The summed E-state index contributed by atoms with van der Waals surface area (Å²) in [5, 5.41) is 5.64. The van der Waals surface area contributed by atoms with Crippen molar-refractivity contribution in [1.29, 1.82) is 0 Å². The first-order chi connectivity index (χ1) is 9.20. The number of carbonyl (C=O) groups is 2. The first-order valence-electron chi connectivity index (χ1n) is 6.98. The molecule has 1 unspecified atom stereocenters. The number of rotatable bonds is 3. The van der Waals surface area contributed by atoms with E-state index in [9.17, 15) is 9.59 Å². The van der Waals surface area contributed by atoms with Gasteiger partial charge in [-0.2, -0.15) is 0 Å². The normalized spacial score (nSPS) is 21.9. The molecule has 2 heterocycles. The van der Waals surface area contributed by atoms with Gasteiger partial charge in [0.25, 0.3) is 0 Å². The van der Waals surface area contributed by atoms with Crippen molar-refractivity contribution >= 4 is 11.9 Å². The second kappa shape index (κ2) is 6.56. The molecule has 0 bridgehead atoms. The molecule has 1 fully saturated rings. The van der Waals surface area contributed by atoms with Crippen LogP contribution >= 0.6 is 0 Å². The van der Waals surface area contributed by atoms with Gasteiger partial charge >= 0.3 is 6.03 Å². The van der Waals surface area contributed by atoms with Crippen LogP contribution in [-0.2, 0) is 4.79 Å². The van der Waals surface area contributed by atoms with Gasteiger partial charge in [0.05, 0.1) is 12.8 Å². The minimum atomic E-state index is -0.160. The van der Waals surface area contributed by atoms with E-state index < -0.39 is 0 Å². The van der Waals surface area contributed by atoms with Crippen molar-refractivity contribution in [2.75, 3.05) is 19.8 Å². The molecule has 19 heavy (non-hydrogen) atoms. The molecule has 6 heteroatoms. The Balaban J connectivity index is 1.88. The molecule has 0 spiro atoms. The van der Waals surface area contributed by atoms with Crippen molar-refractivity contribution in [3.8, 4) is 0 Å². The maximum absolute atomic E-state index is 12.1. The lowest BCUT2D eigenvalue weighted by molar-refractivity contribution is -0.117. The van der Waals surface area contributed by atoms with E-state index in [2.05, 4.69) is 22.5 Å². The van der Waals surface area contributed by atoms with Crippen LogP contribution in [0.3, 0.4) is 0 Å². The molecule has 0 aromatic heterocycles. The number of hydrogen-bond acceptors (Lipinski definition) is 3. The van der Waals surface area contributed by atoms with Crippen LogP contribution in [0.4, 0.5) is 4.79 Å². The summed E-state index contributed by atoms with van der Waals surface area (Å²) < 4.78 is 0. The van der Waals surface area contributed by atoms with E-state index in [-0.39, 0.29) is 24.8 Å². The highest BCUT2D eigenvalue weighted by atomic mass is 16.2. The summed E-state index contributed by atoms with van der Waals surface area (Å²) in [5.74, 6) is -0.160. The first kappa shape index (κ1) is 13.9.